The zero-order valence-corrected chi connectivity index (χ0v) is 14.0. The molecule has 1 aromatic carbocycles. The van der Waals surface area contributed by atoms with Crippen LogP contribution in [0.2, 0.25) is 0 Å². The molecule has 0 aliphatic carbocycles. The molecule has 7 heteroatoms. The van der Waals surface area contributed by atoms with Gasteiger partial charge in [0.1, 0.15) is 0 Å². The number of amides is 1. The second-order valence-electron chi connectivity index (χ2n) is 3.92. The van der Waals surface area contributed by atoms with Gasteiger partial charge < -0.3 is 5.32 Å². The van der Waals surface area contributed by atoms with Gasteiger partial charge in [-0.15, -0.1) is 0 Å². The summed E-state index contributed by atoms with van der Waals surface area (Å²) in [6.45, 7) is 4.58. The summed E-state index contributed by atoms with van der Waals surface area (Å²) in [6, 6.07) is 0. The molecule has 0 heterocycles. The lowest BCUT2D eigenvalue weighted by atomic mass is 9.97. The minimum Gasteiger partial charge on any atom is -0.325 e. The molecule has 0 saturated heterocycles. The van der Waals surface area contributed by atoms with Crippen LogP contribution >= 0.6 is 45.8 Å². The van der Waals surface area contributed by atoms with E-state index in [1.165, 1.54) is 6.92 Å². The van der Waals surface area contributed by atoms with Crippen molar-refractivity contribution < 1.29 is 14.4 Å². The van der Waals surface area contributed by atoms with Gasteiger partial charge in [-0.25, -0.2) is 0 Å². The summed E-state index contributed by atoms with van der Waals surface area (Å²) in [6.07, 6.45) is 0. The number of hydrogen-bond donors (Lipinski definition) is 1. The molecule has 0 radical (unpaired) electrons. The number of anilines is 1. The average molecular weight is 414 g/mol. The number of halogens is 3. The molecule has 0 atom stereocenters. The lowest BCUT2D eigenvalue weighted by Crippen LogP contribution is -2.15. The Labute approximate surface area is 134 Å². The highest BCUT2D eigenvalue weighted by molar-refractivity contribution is 14.1. The number of carbonyl (C=O) groups is 3. The van der Waals surface area contributed by atoms with Crippen molar-refractivity contribution in [2.45, 2.75) is 20.8 Å². The molecule has 1 rings (SSSR count). The van der Waals surface area contributed by atoms with Crippen molar-refractivity contribution in [3.8, 4) is 0 Å². The fraction of sp³-hybridized carbons (Fsp3) is 0.250. The number of hydrogen-bond acceptors (Lipinski definition) is 3. The summed E-state index contributed by atoms with van der Waals surface area (Å²) in [5.74, 6) is -0.314. The molecule has 0 spiro atoms. The van der Waals surface area contributed by atoms with Gasteiger partial charge in [-0.1, -0.05) is 0 Å². The van der Waals surface area contributed by atoms with E-state index in [4.69, 9.17) is 23.2 Å². The van der Waals surface area contributed by atoms with Gasteiger partial charge in [0.25, 0.3) is 10.5 Å². The molecule has 0 saturated carbocycles. The van der Waals surface area contributed by atoms with Gasteiger partial charge >= 0.3 is 0 Å². The fourth-order valence-corrected chi connectivity index (χ4v) is 3.71. The van der Waals surface area contributed by atoms with Crippen LogP contribution in [0.25, 0.3) is 0 Å². The fourth-order valence-electron chi connectivity index (χ4n) is 1.84. The highest BCUT2D eigenvalue weighted by Gasteiger charge is 2.24. The highest BCUT2D eigenvalue weighted by atomic mass is 127. The van der Waals surface area contributed by atoms with Crippen LogP contribution in [0.1, 0.15) is 38.8 Å². The Morgan fingerprint density at radius 3 is 1.84 bits per heavy atom. The molecule has 19 heavy (non-hydrogen) atoms. The predicted molar refractivity (Wildman–Crippen MR) is 83.3 cm³/mol. The van der Waals surface area contributed by atoms with Gasteiger partial charge in [-0.2, -0.15) is 0 Å². The maximum Gasteiger partial charge on any atom is 0.253 e. The third-order valence-corrected chi connectivity index (χ3v) is 4.09. The topological polar surface area (TPSA) is 63.2 Å². The first-order valence-electron chi connectivity index (χ1n) is 5.18. The predicted octanol–water partition coefficient (Wildman–Crippen LogP) is 3.62. The summed E-state index contributed by atoms with van der Waals surface area (Å²) >= 11 is 13.0. The van der Waals surface area contributed by atoms with E-state index in [9.17, 15) is 14.4 Å². The average Bonchev–Trinajstić information content (AvgIpc) is 2.22. The minimum atomic E-state index is -0.701. The second-order valence-corrected chi connectivity index (χ2v) is 5.68. The highest BCUT2D eigenvalue weighted by Crippen LogP contribution is 2.34. The molecule has 102 valence electrons. The Morgan fingerprint density at radius 2 is 1.47 bits per heavy atom. The Kier molecular flexibility index (Phi) is 5.34. The number of rotatable bonds is 3. The van der Waals surface area contributed by atoms with E-state index < -0.39 is 10.5 Å². The summed E-state index contributed by atoms with van der Waals surface area (Å²) in [5, 5.41) is 1.19. The van der Waals surface area contributed by atoms with Crippen LogP contribution in [0.4, 0.5) is 5.69 Å². The summed E-state index contributed by atoms with van der Waals surface area (Å²) < 4.78 is 0.490. The van der Waals surface area contributed by atoms with Crippen molar-refractivity contribution in [1.82, 2.24) is 0 Å². The lowest BCUT2D eigenvalue weighted by molar-refractivity contribution is -0.114. The Morgan fingerprint density at radius 1 is 1.00 bits per heavy atom. The van der Waals surface area contributed by atoms with Gasteiger partial charge in [0, 0.05) is 16.1 Å². The Hall–Kier alpha value is -0.660. The molecule has 1 aromatic rings. The van der Waals surface area contributed by atoms with Crippen LogP contribution in [-0.2, 0) is 4.79 Å². The van der Waals surface area contributed by atoms with E-state index in [-0.39, 0.29) is 17.0 Å². The molecule has 0 aromatic heterocycles. The second kappa shape index (κ2) is 6.19. The number of nitrogens with one attached hydrogen (secondary N) is 1. The van der Waals surface area contributed by atoms with Crippen molar-refractivity contribution in [3.63, 3.8) is 0 Å². The smallest absolute Gasteiger partial charge is 0.253 e. The minimum absolute atomic E-state index is 0.181. The van der Waals surface area contributed by atoms with Crippen LogP contribution in [0, 0.1) is 17.4 Å². The zero-order chi connectivity index (χ0) is 14.9. The third kappa shape index (κ3) is 3.27. The van der Waals surface area contributed by atoms with E-state index in [2.05, 4.69) is 5.32 Å². The number of benzene rings is 1. The molecule has 0 bridgehead atoms. The zero-order valence-electron chi connectivity index (χ0n) is 10.4. The van der Waals surface area contributed by atoms with Crippen molar-refractivity contribution in [2.75, 3.05) is 5.32 Å². The monoisotopic (exact) mass is 413 g/mol. The normalized spacial score (nSPS) is 10.2. The Balaban J connectivity index is 3.79. The summed E-state index contributed by atoms with van der Waals surface area (Å²) in [4.78, 5) is 34.2. The maximum absolute atomic E-state index is 11.5. The van der Waals surface area contributed by atoms with Gasteiger partial charge in [0.15, 0.2) is 0 Å². The molecular formula is C12H10Cl2INO3. The van der Waals surface area contributed by atoms with Gasteiger partial charge in [-0.3, -0.25) is 14.4 Å². The van der Waals surface area contributed by atoms with E-state index in [1.807, 2.05) is 22.6 Å². The molecule has 0 aliphatic rings. The third-order valence-electron chi connectivity index (χ3n) is 2.63. The van der Waals surface area contributed by atoms with Crippen LogP contribution in [0.15, 0.2) is 0 Å². The molecular weight excluding hydrogens is 404 g/mol. The van der Waals surface area contributed by atoms with Gasteiger partial charge in [0.05, 0.1) is 11.3 Å². The van der Waals surface area contributed by atoms with Gasteiger partial charge in [-0.05, 0) is 70.8 Å². The SMILES string of the molecule is CC(=O)Nc1c(C)c(C(=O)Cl)c(C)c(C(=O)Cl)c1I. The van der Waals surface area contributed by atoms with E-state index in [1.54, 1.807) is 13.8 Å². The molecule has 1 amide bonds. The maximum atomic E-state index is 11.5. The van der Waals surface area contributed by atoms with Crippen molar-refractivity contribution in [2.24, 2.45) is 0 Å². The molecule has 0 fully saturated rings. The quantitative estimate of drug-likeness (QED) is 0.608. The summed E-state index contributed by atoms with van der Waals surface area (Å²) in [7, 11) is 0. The molecule has 1 N–H and O–H groups in total. The van der Waals surface area contributed by atoms with E-state index in [0.29, 0.717) is 20.4 Å². The summed E-state index contributed by atoms with van der Waals surface area (Å²) in [5.41, 5.74) is 1.68. The standard InChI is InChI=1S/C12H10Cl2INO3/c1-4-7(11(13)18)5(2)10(16-6(3)17)9(15)8(4)12(14)19/h1-3H3,(H,16,17). The molecule has 4 nitrogen and oxygen atoms in total. The van der Waals surface area contributed by atoms with Crippen molar-refractivity contribution in [1.29, 1.82) is 0 Å². The van der Waals surface area contributed by atoms with Crippen molar-refractivity contribution in [3.05, 3.63) is 25.8 Å². The number of carbonyl (C=O) groups excluding carboxylic acids is 3. The van der Waals surface area contributed by atoms with Crippen molar-refractivity contribution >= 4 is 67.9 Å². The first-order valence-corrected chi connectivity index (χ1v) is 7.01. The largest absolute Gasteiger partial charge is 0.325 e. The van der Waals surface area contributed by atoms with E-state index >= 15 is 0 Å². The Bertz CT molecular complexity index is 558. The van der Waals surface area contributed by atoms with Crippen LogP contribution in [-0.4, -0.2) is 16.4 Å². The first-order chi connectivity index (χ1) is 8.68. The lowest BCUT2D eigenvalue weighted by Gasteiger charge is -2.17. The van der Waals surface area contributed by atoms with Gasteiger partial charge in [0.2, 0.25) is 5.91 Å². The van der Waals surface area contributed by atoms with E-state index in [0.717, 1.165) is 0 Å². The molecule has 0 aliphatic heterocycles. The van der Waals surface area contributed by atoms with Crippen LogP contribution < -0.4 is 5.32 Å². The first kappa shape index (κ1) is 16.4. The van der Waals surface area contributed by atoms with Crippen LogP contribution in [0.5, 0.6) is 0 Å². The molecule has 0 unspecified atom stereocenters. The van der Waals surface area contributed by atoms with Crippen LogP contribution in [0.3, 0.4) is 0 Å².